The molecule has 18 heavy (non-hydrogen) atoms. The molecule has 7 nitrogen and oxygen atoms in total. The molecule has 0 aliphatic carbocycles. The van der Waals surface area contributed by atoms with Crippen molar-refractivity contribution in [1.29, 1.82) is 0 Å². The number of aromatic nitrogens is 1. The van der Waals surface area contributed by atoms with Crippen molar-refractivity contribution < 1.29 is 15.1 Å². The summed E-state index contributed by atoms with van der Waals surface area (Å²) in [5, 5.41) is 31.9. The van der Waals surface area contributed by atoms with Gasteiger partial charge in [-0.25, -0.2) is 4.98 Å². The van der Waals surface area contributed by atoms with E-state index in [-0.39, 0.29) is 23.1 Å². The lowest BCUT2D eigenvalue weighted by Crippen LogP contribution is -2.15. The van der Waals surface area contributed by atoms with Gasteiger partial charge < -0.3 is 15.5 Å². The molecule has 8 heteroatoms. The summed E-state index contributed by atoms with van der Waals surface area (Å²) in [6, 6.07) is 2.91. The second kappa shape index (κ2) is 7.14. The second-order valence-electron chi connectivity index (χ2n) is 3.46. The fraction of sp³-hybridized carbons (Fsp3) is 0.500. The highest BCUT2D eigenvalue weighted by Gasteiger charge is 2.17. The second-order valence-corrected chi connectivity index (χ2v) is 4.46. The lowest BCUT2D eigenvalue weighted by atomic mass is 10.4. The number of pyridine rings is 1. The molecule has 0 amide bonds. The molecule has 0 aliphatic rings. The van der Waals surface area contributed by atoms with Gasteiger partial charge in [-0.2, -0.15) is 0 Å². The van der Waals surface area contributed by atoms with E-state index in [1.807, 2.05) is 6.92 Å². The molecule has 1 rings (SSSR count). The van der Waals surface area contributed by atoms with Crippen molar-refractivity contribution in [3.63, 3.8) is 0 Å². The normalized spacial score (nSPS) is 12.2. The maximum atomic E-state index is 10.8. The van der Waals surface area contributed by atoms with Crippen LogP contribution in [0.2, 0.25) is 0 Å². The fourth-order valence-electron chi connectivity index (χ4n) is 1.19. The molecule has 100 valence electrons. The number of anilines is 1. The first-order chi connectivity index (χ1) is 8.58. The number of rotatable bonds is 7. The zero-order valence-corrected chi connectivity index (χ0v) is 10.7. The lowest BCUT2D eigenvalue weighted by molar-refractivity contribution is -0.388. The largest absolute Gasteiger partial charge is 0.394 e. The van der Waals surface area contributed by atoms with Gasteiger partial charge in [-0.3, -0.25) is 10.1 Å². The molecule has 1 atom stereocenters. The summed E-state index contributed by atoms with van der Waals surface area (Å²) in [5.74, 6) is 0.698. The lowest BCUT2D eigenvalue weighted by Gasteiger charge is -2.08. The molecule has 1 aromatic rings. The van der Waals surface area contributed by atoms with Crippen molar-refractivity contribution in [2.75, 3.05) is 24.2 Å². The summed E-state index contributed by atoms with van der Waals surface area (Å²) in [6.07, 6.45) is -0.917. The molecule has 0 spiro atoms. The van der Waals surface area contributed by atoms with Crippen LogP contribution in [0.3, 0.4) is 0 Å². The first kappa shape index (κ1) is 14.7. The van der Waals surface area contributed by atoms with E-state index in [0.29, 0.717) is 12.4 Å². The highest BCUT2D eigenvalue weighted by atomic mass is 32.2. The third-order valence-corrected chi connectivity index (χ3v) is 3.14. The summed E-state index contributed by atoms with van der Waals surface area (Å²) >= 11 is 1.05. The zero-order chi connectivity index (χ0) is 13.5. The monoisotopic (exact) mass is 273 g/mol. The number of nitro groups is 1. The van der Waals surface area contributed by atoms with Crippen molar-refractivity contribution >= 4 is 23.3 Å². The van der Waals surface area contributed by atoms with Crippen molar-refractivity contribution in [2.24, 2.45) is 0 Å². The Morgan fingerprint density at radius 2 is 2.33 bits per heavy atom. The quantitative estimate of drug-likeness (QED) is 0.384. The van der Waals surface area contributed by atoms with E-state index in [1.165, 1.54) is 12.1 Å². The van der Waals surface area contributed by atoms with Gasteiger partial charge >= 0.3 is 5.69 Å². The summed E-state index contributed by atoms with van der Waals surface area (Å²) in [4.78, 5) is 14.4. The average molecular weight is 273 g/mol. The number of hydrogen-bond acceptors (Lipinski definition) is 7. The van der Waals surface area contributed by atoms with Crippen molar-refractivity contribution in [1.82, 2.24) is 4.98 Å². The van der Waals surface area contributed by atoms with E-state index in [9.17, 15) is 15.2 Å². The molecule has 0 fully saturated rings. The minimum atomic E-state index is -0.917. The van der Waals surface area contributed by atoms with Crippen LogP contribution in [0.4, 0.5) is 11.5 Å². The van der Waals surface area contributed by atoms with Crippen LogP contribution in [0.5, 0.6) is 0 Å². The van der Waals surface area contributed by atoms with E-state index in [1.54, 1.807) is 0 Å². The Balaban J connectivity index is 2.89. The Bertz CT molecular complexity index is 416. The zero-order valence-electron chi connectivity index (χ0n) is 9.87. The smallest absolute Gasteiger partial charge is 0.301 e. The van der Waals surface area contributed by atoms with E-state index >= 15 is 0 Å². The molecule has 0 bridgehead atoms. The van der Waals surface area contributed by atoms with Crippen molar-refractivity contribution in [2.45, 2.75) is 18.1 Å². The van der Waals surface area contributed by atoms with Gasteiger partial charge in [-0.1, -0.05) is 11.8 Å². The van der Waals surface area contributed by atoms with Gasteiger partial charge in [0, 0.05) is 18.4 Å². The highest BCUT2D eigenvalue weighted by molar-refractivity contribution is 7.99. The predicted molar refractivity (Wildman–Crippen MR) is 68.9 cm³/mol. The van der Waals surface area contributed by atoms with Crippen LogP contribution in [0.25, 0.3) is 0 Å². The summed E-state index contributed by atoms with van der Waals surface area (Å²) < 4.78 is 0. The van der Waals surface area contributed by atoms with Gasteiger partial charge in [0.1, 0.15) is 5.82 Å². The summed E-state index contributed by atoms with van der Waals surface area (Å²) in [5.41, 5.74) is -0.105. The minimum absolute atomic E-state index is 0.105. The van der Waals surface area contributed by atoms with Crippen LogP contribution in [-0.2, 0) is 0 Å². The predicted octanol–water partition coefficient (Wildman–Crippen LogP) is 0.867. The standard InChI is InChI=1S/C10H15N3O4S/c1-2-11-9-4-3-8(13(16)17)10(12-9)18-6-7(15)5-14/h3-4,7,14-15H,2,5-6H2,1H3,(H,11,12). The Labute approximate surface area is 108 Å². The van der Waals surface area contributed by atoms with Gasteiger partial charge in [0.2, 0.25) is 0 Å². The van der Waals surface area contributed by atoms with Gasteiger partial charge in [0.25, 0.3) is 0 Å². The number of nitrogens with one attached hydrogen (secondary N) is 1. The molecule has 1 aromatic heterocycles. The van der Waals surface area contributed by atoms with Gasteiger partial charge in [0.15, 0.2) is 5.03 Å². The van der Waals surface area contributed by atoms with Crippen LogP contribution in [-0.4, -0.2) is 45.1 Å². The maximum Gasteiger partial charge on any atom is 0.301 e. The fourth-order valence-corrected chi connectivity index (χ4v) is 2.09. The number of nitrogens with zero attached hydrogens (tertiary/aromatic N) is 2. The Kier molecular flexibility index (Phi) is 5.83. The van der Waals surface area contributed by atoms with Gasteiger partial charge in [-0.05, 0) is 13.0 Å². The molecule has 0 aliphatic heterocycles. The molecule has 0 radical (unpaired) electrons. The van der Waals surface area contributed by atoms with E-state index in [2.05, 4.69) is 10.3 Å². The first-order valence-corrected chi connectivity index (χ1v) is 6.38. The number of thioether (sulfide) groups is 1. The average Bonchev–Trinajstić information content (AvgIpc) is 2.36. The minimum Gasteiger partial charge on any atom is -0.394 e. The summed E-state index contributed by atoms with van der Waals surface area (Å²) in [7, 11) is 0. The third-order valence-electron chi connectivity index (χ3n) is 2.02. The SMILES string of the molecule is CCNc1ccc([N+](=O)[O-])c(SCC(O)CO)n1. The van der Waals surface area contributed by atoms with Crippen LogP contribution >= 0.6 is 11.8 Å². The Hall–Kier alpha value is -1.38. The topological polar surface area (TPSA) is 109 Å². The molecule has 0 saturated heterocycles. The third kappa shape index (κ3) is 4.13. The molecule has 0 aromatic carbocycles. The molecule has 3 N–H and O–H groups in total. The van der Waals surface area contributed by atoms with E-state index < -0.39 is 11.0 Å². The molecular weight excluding hydrogens is 258 g/mol. The van der Waals surface area contributed by atoms with Crippen LogP contribution in [0.15, 0.2) is 17.2 Å². The summed E-state index contributed by atoms with van der Waals surface area (Å²) in [6.45, 7) is 2.17. The number of aliphatic hydroxyl groups is 2. The molecular formula is C10H15N3O4S. The number of aliphatic hydroxyl groups excluding tert-OH is 2. The number of hydrogen-bond donors (Lipinski definition) is 3. The van der Waals surface area contributed by atoms with Crippen molar-refractivity contribution in [3.8, 4) is 0 Å². The molecule has 0 saturated carbocycles. The Morgan fingerprint density at radius 3 is 2.89 bits per heavy atom. The van der Waals surface area contributed by atoms with Crippen LogP contribution in [0.1, 0.15) is 6.92 Å². The van der Waals surface area contributed by atoms with Crippen LogP contribution in [0, 0.1) is 10.1 Å². The first-order valence-electron chi connectivity index (χ1n) is 5.39. The highest BCUT2D eigenvalue weighted by Crippen LogP contribution is 2.28. The van der Waals surface area contributed by atoms with E-state index in [4.69, 9.17) is 5.11 Å². The maximum absolute atomic E-state index is 10.8. The van der Waals surface area contributed by atoms with E-state index in [0.717, 1.165) is 11.8 Å². The Morgan fingerprint density at radius 1 is 1.61 bits per heavy atom. The molecule has 1 unspecified atom stereocenters. The van der Waals surface area contributed by atoms with Gasteiger partial charge in [0.05, 0.1) is 17.6 Å². The van der Waals surface area contributed by atoms with Crippen molar-refractivity contribution in [3.05, 3.63) is 22.2 Å². The molecule has 1 heterocycles. The van der Waals surface area contributed by atoms with Gasteiger partial charge in [-0.15, -0.1) is 0 Å². The van der Waals surface area contributed by atoms with Crippen LogP contribution < -0.4 is 5.32 Å².